The zero-order valence-electron chi connectivity index (χ0n) is 45.4. The second-order valence-corrected chi connectivity index (χ2v) is 22.3. The van der Waals surface area contributed by atoms with Crippen LogP contribution in [0.25, 0.3) is 43.5 Å². The molecule has 18 heteroatoms. The highest BCUT2D eigenvalue weighted by atomic mass is 31.2. The number of fused-ring (bicyclic) bond motifs is 1. The summed E-state index contributed by atoms with van der Waals surface area (Å²) in [5.74, 6) is 0.384. The van der Waals surface area contributed by atoms with Crippen molar-refractivity contribution in [1.82, 2.24) is 24.2 Å². The van der Waals surface area contributed by atoms with Crippen molar-refractivity contribution >= 4 is 63.1 Å². The zero-order valence-corrected chi connectivity index (χ0v) is 46.3. The number of rotatable bonds is 22. The van der Waals surface area contributed by atoms with E-state index in [0.29, 0.717) is 11.5 Å². The SMILES string of the molecule is COc1ccc(C(OC[C@H]2O[C@@H](n3cnc4c(=O)[nH]c(NC(=O)C(C)C)nc43)[C@H](OCc3ccc4ccc5cccc6ccc3c4c56)[C@@H]2OP(=O)(OCCC#N)N(C(C)C)C(C)C)(c2ccccc2)c2ccc(OC)cc2)cc1. The summed E-state index contributed by atoms with van der Waals surface area (Å²) in [6.45, 7) is 10.6. The highest BCUT2D eigenvalue weighted by Gasteiger charge is 2.54. The number of amides is 1. The largest absolute Gasteiger partial charge is 0.497 e. The van der Waals surface area contributed by atoms with Crippen molar-refractivity contribution in [1.29, 1.82) is 5.26 Å². The van der Waals surface area contributed by atoms with E-state index in [4.69, 9.17) is 37.7 Å². The Balaban J connectivity index is 1.17. The molecule has 7 aromatic carbocycles. The number of imidazole rings is 1. The lowest BCUT2D eigenvalue weighted by Crippen LogP contribution is -2.44. The number of carbonyl (C=O) groups is 1. The van der Waals surface area contributed by atoms with Crippen molar-refractivity contribution in [2.45, 2.75) is 96.8 Å². The molecule has 0 saturated carbocycles. The third-order valence-electron chi connectivity index (χ3n) is 14.5. The summed E-state index contributed by atoms with van der Waals surface area (Å²) < 4.78 is 66.1. The number of hydrogen-bond acceptors (Lipinski definition) is 13. The Hall–Kier alpha value is -7.52. The van der Waals surface area contributed by atoms with E-state index in [0.717, 1.165) is 54.6 Å². The minimum atomic E-state index is -4.42. The Labute approximate surface area is 458 Å². The van der Waals surface area contributed by atoms with Gasteiger partial charge in [-0.15, -0.1) is 0 Å². The first-order valence-corrected chi connectivity index (χ1v) is 27.9. The van der Waals surface area contributed by atoms with Crippen LogP contribution in [0.1, 0.15) is 76.4 Å². The van der Waals surface area contributed by atoms with Crippen LogP contribution < -0.4 is 20.3 Å². The van der Waals surface area contributed by atoms with E-state index in [1.54, 1.807) is 37.3 Å². The number of hydrogen-bond donors (Lipinski definition) is 2. The van der Waals surface area contributed by atoms with Gasteiger partial charge in [-0.25, -0.2) is 14.2 Å². The van der Waals surface area contributed by atoms with Crippen molar-refractivity contribution in [2.24, 2.45) is 5.92 Å². The minimum absolute atomic E-state index is 0.00574. The van der Waals surface area contributed by atoms with Crippen LogP contribution in [-0.2, 0) is 44.8 Å². The third-order valence-corrected chi connectivity index (χ3v) is 17.0. The molecule has 3 heterocycles. The van der Waals surface area contributed by atoms with Crippen molar-refractivity contribution in [3.63, 3.8) is 0 Å². The smallest absolute Gasteiger partial charge is 0.409 e. The van der Waals surface area contributed by atoms with E-state index < -0.39 is 49.4 Å². The molecule has 1 aliphatic heterocycles. The molecule has 5 atom stereocenters. The molecule has 0 radical (unpaired) electrons. The van der Waals surface area contributed by atoms with Gasteiger partial charge >= 0.3 is 7.75 Å². The molecular formula is C61H64N7O10P. The molecule has 79 heavy (non-hydrogen) atoms. The fourth-order valence-corrected chi connectivity index (χ4v) is 13.2. The summed E-state index contributed by atoms with van der Waals surface area (Å²) >= 11 is 0. The van der Waals surface area contributed by atoms with Gasteiger partial charge in [0.25, 0.3) is 5.56 Å². The normalized spacial score (nSPS) is 17.7. The summed E-state index contributed by atoms with van der Waals surface area (Å²) in [7, 11) is -1.21. The van der Waals surface area contributed by atoms with E-state index in [-0.39, 0.29) is 61.3 Å². The fraction of sp³-hybridized carbons (Fsp3) is 0.328. The van der Waals surface area contributed by atoms with Crippen LogP contribution in [0.15, 0.2) is 145 Å². The molecule has 0 spiro atoms. The first-order valence-electron chi connectivity index (χ1n) is 26.5. The lowest BCUT2D eigenvalue weighted by atomic mass is 9.80. The molecule has 1 amide bonds. The Morgan fingerprint density at radius 1 is 0.797 bits per heavy atom. The first kappa shape index (κ1) is 54.8. The third kappa shape index (κ3) is 10.6. The van der Waals surface area contributed by atoms with Gasteiger partial charge in [0.05, 0.1) is 52.9 Å². The maximum Gasteiger partial charge on any atom is 0.409 e. The molecule has 1 saturated heterocycles. The molecule has 0 aliphatic carbocycles. The number of carbonyl (C=O) groups excluding carboxylic acids is 1. The Morgan fingerprint density at radius 3 is 2.01 bits per heavy atom. The van der Waals surface area contributed by atoms with E-state index in [9.17, 15) is 14.9 Å². The number of nitrogens with zero attached hydrogens (tertiary/aromatic N) is 5. The van der Waals surface area contributed by atoms with Crippen LogP contribution >= 0.6 is 7.75 Å². The summed E-state index contributed by atoms with van der Waals surface area (Å²) in [6, 6.07) is 45.2. The summed E-state index contributed by atoms with van der Waals surface area (Å²) in [6.07, 6.45) is -3.44. The standard InChI is InChI=1S/C61H64N7O10P/c1-37(2)57(69)65-60-64-56-53(58(70)66-60)63-36-67(56)59-55(74-34-43-21-20-42-19-18-40-14-12-15-41-22-31-49(43)52(42)51(40)41)54(78-79(71,76-33-13-32-62)68(38(3)4)39(5)6)50(77-59)35-75-61(44-16-10-9-11-17-44,45-23-27-47(72-7)28-24-45)46-25-29-48(73-8)30-26-46/h9-12,14-31,36-39,50,54-55,59H,13,33-35H2,1-8H3,(H2,64,65,66,69,70)/t50-,54-,55-,59-,79?/m1/s1. The summed E-state index contributed by atoms with van der Waals surface area (Å²) in [5.41, 5.74) is 1.20. The van der Waals surface area contributed by atoms with Gasteiger partial charge in [-0.3, -0.25) is 33.5 Å². The van der Waals surface area contributed by atoms with Gasteiger partial charge in [0, 0.05) is 18.0 Å². The first-order chi connectivity index (χ1) is 38.2. The number of nitriles is 1. The molecule has 0 bridgehead atoms. The quantitative estimate of drug-likeness (QED) is 0.0281. The van der Waals surface area contributed by atoms with Crippen LogP contribution in [0.3, 0.4) is 0 Å². The second kappa shape index (κ2) is 23.1. The highest BCUT2D eigenvalue weighted by Crippen LogP contribution is 2.58. The lowest BCUT2D eigenvalue weighted by molar-refractivity contribution is -0.118. The average molecular weight is 1090 g/mol. The number of aromatic amines is 1. The van der Waals surface area contributed by atoms with Crippen LogP contribution in [0, 0.1) is 17.2 Å². The number of H-pyrrole nitrogens is 1. The summed E-state index contributed by atoms with van der Waals surface area (Å²) in [5, 5.41) is 19.0. The van der Waals surface area contributed by atoms with Gasteiger partial charge in [-0.1, -0.05) is 123 Å². The molecule has 2 N–H and O–H groups in total. The molecule has 408 valence electrons. The molecule has 10 rings (SSSR count). The van der Waals surface area contributed by atoms with Crippen molar-refractivity contribution < 1.29 is 42.1 Å². The second-order valence-electron chi connectivity index (χ2n) is 20.5. The van der Waals surface area contributed by atoms with Gasteiger partial charge in [-0.05, 0) is 107 Å². The van der Waals surface area contributed by atoms with Crippen molar-refractivity contribution in [2.75, 3.05) is 32.8 Å². The number of anilines is 1. The van der Waals surface area contributed by atoms with Gasteiger partial charge in [0.1, 0.15) is 35.4 Å². The van der Waals surface area contributed by atoms with Crippen molar-refractivity contribution in [3.8, 4) is 17.6 Å². The zero-order chi connectivity index (χ0) is 55.6. The van der Waals surface area contributed by atoms with Gasteiger partial charge < -0.3 is 23.7 Å². The Bertz CT molecular complexity index is 3680. The van der Waals surface area contributed by atoms with Crippen LogP contribution in [-0.4, -0.2) is 87.9 Å². The number of benzene rings is 7. The Kier molecular flexibility index (Phi) is 16.0. The van der Waals surface area contributed by atoms with Crippen molar-refractivity contribution in [3.05, 3.63) is 172 Å². The molecular weight excluding hydrogens is 1020 g/mol. The van der Waals surface area contributed by atoms with Gasteiger partial charge in [-0.2, -0.15) is 10.2 Å². The maximum absolute atomic E-state index is 16.1. The number of nitrogens with one attached hydrogen (secondary N) is 2. The molecule has 1 aliphatic rings. The Morgan fingerprint density at radius 2 is 1.41 bits per heavy atom. The fourth-order valence-electron chi connectivity index (χ4n) is 10.9. The summed E-state index contributed by atoms with van der Waals surface area (Å²) in [4.78, 5) is 38.8. The van der Waals surface area contributed by atoms with E-state index in [1.807, 2.05) is 113 Å². The predicted molar refractivity (Wildman–Crippen MR) is 303 cm³/mol. The average Bonchev–Trinajstić information content (AvgIpc) is 4.14. The topological polar surface area (TPSA) is 201 Å². The van der Waals surface area contributed by atoms with E-state index >= 15 is 4.57 Å². The van der Waals surface area contributed by atoms with Crippen LogP contribution in [0.2, 0.25) is 0 Å². The minimum Gasteiger partial charge on any atom is -0.497 e. The van der Waals surface area contributed by atoms with Gasteiger partial charge in [0.15, 0.2) is 17.4 Å². The molecule has 1 fully saturated rings. The van der Waals surface area contributed by atoms with Gasteiger partial charge in [0.2, 0.25) is 11.9 Å². The molecule has 2 aromatic heterocycles. The number of methoxy groups -OCH3 is 2. The predicted octanol–water partition coefficient (Wildman–Crippen LogP) is 11.7. The van der Waals surface area contributed by atoms with Crippen LogP contribution in [0.4, 0.5) is 5.95 Å². The lowest BCUT2D eigenvalue weighted by Gasteiger charge is -2.39. The van der Waals surface area contributed by atoms with E-state index in [1.165, 1.54) is 6.33 Å². The van der Waals surface area contributed by atoms with Crippen LogP contribution in [0.5, 0.6) is 11.5 Å². The molecule has 9 aromatic rings. The number of aromatic nitrogens is 4. The number of ether oxygens (including phenoxy) is 5. The monoisotopic (exact) mass is 1090 g/mol. The molecule has 1 unspecified atom stereocenters. The highest BCUT2D eigenvalue weighted by molar-refractivity contribution is 7.51. The van der Waals surface area contributed by atoms with E-state index in [2.05, 4.69) is 69.9 Å². The molecule has 17 nitrogen and oxygen atoms in total. The maximum atomic E-state index is 16.1.